The number of nitrogens with zero attached hydrogens (tertiary/aromatic N) is 2. The van der Waals surface area contributed by atoms with Crippen molar-refractivity contribution < 1.29 is 0 Å². The van der Waals surface area contributed by atoms with E-state index in [1.807, 2.05) is 6.92 Å². The van der Waals surface area contributed by atoms with Crippen molar-refractivity contribution in [1.82, 2.24) is 9.97 Å². The minimum atomic E-state index is 0.548. The Morgan fingerprint density at radius 3 is 2.60 bits per heavy atom. The number of hydrogen-bond acceptors (Lipinski definition) is 4. The summed E-state index contributed by atoms with van der Waals surface area (Å²) in [7, 11) is 0. The fourth-order valence-corrected chi connectivity index (χ4v) is 3.28. The van der Waals surface area contributed by atoms with Crippen LogP contribution in [0, 0.1) is 12.8 Å². The molecule has 4 nitrogen and oxygen atoms in total. The summed E-state index contributed by atoms with van der Waals surface area (Å²) < 4.78 is 0. The van der Waals surface area contributed by atoms with Crippen molar-refractivity contribution in [3.05, 3.63) is 11.4 Å². The van der Waals surface area contributed by atoms with Gasteiger partial charge < -0.3 is 11.1 Å². The first-order valence-corrected chi connectivity index (χ1v) is 8.09. The molecule has 110 valence electrons. The van der Waals surface area contributed by atoms with E-state index in [-0.39, 0.29) is 0 Å². The third-order valence-electron chi connectivity index (χ3n) is 4.90. The Hall–Kier alpha value is -1.32. The highest BCUT2D eigenvalue weighted by Crippen LogP contribution is 2.39. The lowest BCUT2D eigenvalue weighted by Crippen LogP contribution is -2.32. The van der Waals surface area contributed by atoms with Crippen LogP contribution in [0.2, 0.25) is 0 Å². The lowest BCUT2D eigenvalue weighted by Gasteiger charge is -2.32. The molecule has 0 bridgehead atoms. The number of aromatic nitrogens is 2. The third-order valence-corrected chi connectivity index (χ3v) is 4.90. The van der Waals surface area contributed by atoms with Crippen molar-refractivity contribution in [2.45, 2.75) is 70.8 Å². The first kappa shape index (κ1) is 13.7. The normalized spacial score (nSPS) is 26.5. The van der Waals surface area contributed by atoms with Crippen LogP contribution in [0.25, 0.3) is 0 Å². The summed E-state index contributed by atoms with van der Waals surface area (Å²) in [5.74, 6) is 3.88. The summed E-state index contributed by atoms with van der Waals surface area (Å²) in [6.45, 7) is 4.32. The summed E-state index contributed by atoms with van der Waals surface area (Å²) in [6.07, 6.45) is 8.95. The Morgan fingerprint density at radius 2 is 1.90 bits per heavy atom. The standard InChI is InChI=1S/C16H26N4/c1-3-11-6-4-5-7-13(11)18-15-10(2)14(17)19-16(20-15)12-8-9-12/h11-13H,3-9H2,1-2H3,(H3,17,18,19,20). The number of anilines is 2. The van der Waals surface area contributed by atoms with Gasteiger partial charge in [-0.2, -0.15) is 0 Å². The van der Waals surface area contributed by atoms with Crippen LogP contribution in [0.5, 0.6) is 0 Å². The fraction of sp³-hybridized carbons (Fsp3) is 0.750. The second-order valence-corrected chi connectivity index (χ2v) is 6.42. The number of nitrogen functional groups attached to an aromatic ring is 1. The van der Waals surface area contributed by atoms with Crippen LogP contribution in [-0.4, -0.2) is 16.0 Å². The molecule has 0 spiro atoms. The van der Waals surface area contributed by atoms with E-state index in [2.05, 4.69) is 17.2 Å². The first-order chi connectivity index (χ1) is 9.69. The molecule has 20 heavy (non-hydrogen) atoms. The molecule has 2 atom stereocenters. The smallest absolute Gasteiger partial charge is 0.136 e. The van der Waals surface area contributed by atoms with Crippen LogP contribution in [0.1, 0.15) is 69.2 Å². The summed E-state index contributed by atoms with van der Waals surface area (Å²) >= 11 is 0. The maximum Gasteiger partial charge on any atom is 0.136 e. The first-order valence-electron chi connectivity index (χ1n) is 8.09. The molecule has 0 radical (unpaired) electrons. The average Bonchev–Trinajstić information content (AvgIpc) is 3.28. The molecule has 0 aliphatic heterocycles. The fourth-order valence-electron chi connectivity index (χ4n) is 3.28. The van der Waals surface area contributed by atoms with Gasteiger partial charge in [-0.3, -0.25) is 0 Å². The molecule has 0 aromatic carbocycles. The second-order valence-electron chi connectivity index (χ2n) is 6.42. The predicted octanol–water partition coefficient (Wildman–Crippen LogP) is 3.63. The van der Waals surface area contributed by atoms with Crippen molar-refractivity contribution in [3.8, 4) is 0 Å². The third kappa shape index (κ3) is 2.74. The molecule has 2 aliphatic carbocycles. The molecule has 1 aromatic rings. The van der Waals surface area contributed by atoms with Crippen LogP contribution in [0.4, 0.5) is 11.6 Å². The van der Waals surface area contributed by atoms with E-state index in [1.165, 1.54) is 44.9 Å². The van der Waals surface area contributed by atoms with Crippen molar-refractivity contribution in [2.75, 3.05) is 11.1 Å². The zero-order valence-electron chi connectivity index (χ0n) is 12.7. The number of nitrogens with two attached hydrogens (primary N) is 1. The molecule has 1 heterocycles. The molecule has 2 aliphatic rings. The predicted molar refractivity (Wildman–Crippen MR) is 82.8 cm³/mol. The number of rotatable bonds is 4. The van der Waals surface area contributed by atoms with Gasteiger partial charge in [0.15, 0.2) is 0 Å². The molecule has 0 saturated heterocycles. The maximum atomic E-state index is 6.07. The van der Waals surface area contributed by atoms with Gasteiger partial charge in [0.25, 0.3) is 0 Å². The minimum Gasteiger partial charge on any atom is -0.383 e. The summed E-state index contributed by atoms with van der Waals surface area (Å²) in [5, 5.41) is 3.68. The Morgan fingerprint density at radius 1 is 1.15 bits per heavy atom. The van der Waals surface area contributed by atoms with Gasteiger partial charge in [-0.15, -0.1) is 0 Å². The topological polar surface area (TPSA) is 63.8 Å². The van der Waals surface area contributed by atoms with Gasteiger partial charge in [-0.05, 0) is 38.5 Å². The van der Waals surface area contributed by atoms with Crippen LogP contribution in [0.3, 0.4) is 0 Å². The quantitative estimate of drug-likeness (QED) is 0.880. The molecule has 0 amide bonds. The van der Waals surface area contributed by atoms with Gasteiger partial charge in [-0.25, -0.2) is 9.97 Å². The largest absolute Gasteiger partial charge is 0.383 e. The molecular weight excluding hydrogens is 248 g/mol. The van der Waals surface area contributed by atoms with Gasteiger partial charge in [0.05, 0.1) is 0 Å². The lowest BCUT2D eigenvalue weighted by molar-refractivity contribution is 0.316. The van der Waals surface area contributed by atoms with Gasteiger partial charge >= 0.3 is 0 Å². The van der Waals surface area contributed by atoms with E-state index in [4.69, 9.17) is 10.7 Å². The highest BCUT2D eigenvalue weighted by molar-refractivity contribution is 5.55. The van der Waals surface area contributed by atoms with Crippen LogP contribution in [0.15, 0.2) is 0 Å². The van der Waals surface area contributed by atoms with Crippen LogP contribution >= 0.6 is 0 Å². The molecule has 3 N–H and O–H groups in total. The monoisotopic (exact) mass is 274 g/mol. The van der Waals surface area contributed by atoms with Crippen molar-refractivity contribution in [2.24, 2.45) is 5.92 Å². The van der Waals surface area contributed by atoms with Crippen LogP contribution in [-0.2, 0) is 0 Å². The zero-order valence-corrected chi connectivity index (χ0v) is 12.7. The molecular formula is C16H26N4. The molecule has 2 fully saturated rings. The summed E-state index contributed by atoms with van der Waals surface area (Å²) in [6, 6.07) is 0.550. The van der Waals surface area contributed by atoms with Gasteiger partial charge in [0.2, 0.25) is 0 Å². The zero-order chi connectivity index (χ0) is 14.1. The van der Waals surface area contributed by atoms with Crippen molar-refractivity contribution in [3.63, 3.8) is 0 Å². The summed E-state index contributed by atoms with van der Waals surface area (Å²) in [4.78, 5) is 9.21. The van der Waals surface area contributed by atoms with Crippen molar-refractivity contribution >= 4 is 11.6 Å². The maximum absolute atomic E-state index is 6.07. The molecule has 1 aromatic heterocycles. The van der Waals surface area contributed by atoms with Crippen molar-refractivity contribution in [1.29, 1.82) is 0 Å². The Bertz CT molecular complexity index is 482. The average molecular weight is 274 g/mol. The Balaban J connectivity index is 1.81. The Labute approximate surface area is 121 Å². The van der Waals surface area contributed by atoms with E-state index in [0.29, 0.717) is 17.8 Å². The van der Waals surface area contributed by atoms with Gasteiger partial charge in [-0.1, -0.05) is 26.2 Å². The van der Waals surface area contributed by atoms with E-state index >= 15 is 0 Å². The highest BCUT2D eigenvalue weighted by atomic mass is 15.1. The number of hydrogen-bond donors (Lipinski definition) is 2. The lowest BCUT2D eigenvalue weighted by atomic mass is 9.83. The van der Waals surface area contributed by atoms with E-state index in [0.717, 1.165) is 23.1 Å². The number of nitrogens with one attached hydrogen (secondary N) is 1. The van der Waals surface area contributed by atoms with Gasteiger partial charge in [0, 0.05) is 17.5 Å². The summed E-state index contributed by atoms with van der Waals surface area (Å²) in [5.41, 5.74) is 7.08. The van der Waals surface area contributed by atoms with E-state index < -0.39 is 0 Å². The highest BCUT2D eigenvalue weighted by Gasteiger charge is 2.29. The molecule has 4 heteroatoms. The molecule has 2 unspecified atom stereocenters. The van der Waals surface area contributed by atoms with E-state index in [1.54, 1.807) is 0 Å². The van der Waals surface area contributed by atoms with Crippen LogP contribution < -0.4 is 11.1 Å². The van der Waals surface area contributed by atoms with Gasteiger partial charge in [0.1, 0.15) is 17.5 Å². The molecule has 3 rings (SSSR count). The Kier molecular flexibility index (Phi) is 3.81. The second kappa shape index (κ2) is 5.58. The SMILES string of the molecule is CCC1CCCCC1Nc1nc(C2CC2)nc(N)c1C. The minimum absolute atomic E-state index is 0.548. The molecule has 2 saturated carbocycles. The van der Waals surface area contributed by atoms with E-state index in [9.17, 15) is 0 Å².